The number of amides is 1. The summed E-state index contributed by atoms with van der Waals surface area (Å²) >= 11 is 0. The number of rotatable bonds is 48. The van der Waals surface area contributed by atoms with Crippen LogP contribution in [0, 0.1) is 0 Å². The molecule has 1 amide bonds. The molecule has 0 aliphatic rings. The van der Waals surface area contributed by atoms with Crippen molar-refractivity contribution in [3.8, 4) is 0 Å². The molecule has 0 aromatic heterocycles. The van der Waals surface area contributed by atoms with Gasteiger partial charge in [-0.2, -0.15) is 0 Å². The quantitative estimate of drug-likeness (QED) is 0.0322. The molecule has 0 aliphatic carbocycles. The molecule has 0 aromatic rings. The van der Waals surface area contributed by atoms with Crippen LogP contribution in [0.5, 0.6) is 0 Å². The minimum Gasteiger partial charge on any atom is -0.466 e. The van der Waals surface area contributed by atoms with Gasteiger partial charge in [-0.05, 0) is 57.8 Å². The Morgan fingerprint density at radius 3 is 1.31 bits per heavy atom. The van der Waals surface area contributed by atoms with Gasteiger partial charge in [0.2, 0.25) is 5.91 Å². The molecule has 348 valence electrons. The summed E-state index contributed by atoms with van der Waals surface area (Å²) in [5.74, 6) is -0.0841. The number of aliphatic hydroxyl groups excluding tert-OH is 2. The summed E-state index contributed by atoms with van der Waals surface area (Å²) < 4.78 is 5.46. The van der Waals surface area contributed by atoms with Crippen molar-refractivity contribution in [1.29, 1.82) is 0 Å². The van der Waals surface area contributed by atoms with Crippen LogP contribution in [0.15, 0.2) is 24.3 Å². The predicted molar refractivity (Wildman–Crippen MR) is 255 cm³/mol. The first-order valence-corrected chi connectivity index (χ1v) is 26.1. The first-order chi connectivity index (χ1) is 29.0. The van der Waals surface area contributed by atoms with Crippen LogP contribution in [0.1, 0.15) is 277 Å². The molecule has 0 aliphatic heterocycles. The van der Waals surface area contributed by atoms with Crippen molar-refractivity contribution in [2.24, 2.45) is 0 Å². The second kappa shape index (κ2) is 49.0. The SMILES string of the molecule is CCCCCC/C=C\C/C=C\CCCCCCCCCC(=O)OCCCCCCCCCCCCC(=O)NC(CO)C(O)CCCCCCCCCCCCCCCC. The highest BCUT2D eigenvalue weighted by Crippen LogP contribution is 2.16. The molecule has 0 fully saturated rings. The Kier molecular flexibility index (Phi) is 47.6. The zero-order valence-electron chi connectivity index (χ0n) is 39.5. The van der Waals surface area contributed by atoms with E-state index in [0.717, 1.165) is 64.2 Å². The minimum absolute atomic E-state index is 0.0261. The van der Waals surface area contributed by atoms with Gasteiger partial charge in [0, 0.05) is 12.8 Å². The number of unbranched alkanes of at least 4 members (excludes halogenated alkanes) is 33. The van der Waals surface area contributed by atoms with Gasteiger partial charge in [0.05, 0.1) is 25.4 Å². The second-order valence-corrected chi connectivity index (χ2v) is 17.9. The third kappa shape index (κ3) is 45.7. The fraction of sp³-hybridized carbons (Fsp3) is 0.887. The van der Waals surface area contributed by atoms with Crippen LogP contribution in [0.2, 0.25) is 0 Å². The topological polar surface area (TPSA) is 95.9 Å². The number of nitrogens with one attached hydrogen (secondary N) is 1. The average molecular weight is 832 g/mol. The minimum atomic E-state index is -0.679. The van der Waals surface area contributed by atoms with E-state index in [0.29, 0.717) is 25.9 Å². The van der Waals surface area contributed by atoms with Crippen molar-refractivity contribution < 1.29 is 24.5 Å². The standard InChI is InChI=1S/C53H101NO5/c1-3-5-7-9-11-13-15-17-19-20-21-22-24-26-31-35-39-43-47-53(58)59-48-44-40-36-32-28-27-30-34-38-42-46-52(57)54-50(49-55)51(56)45-41-37-33-29-25-23-18-16-14-12-10-8-6-4-2/h13,15,19-20,50-51,55-56H,3-12,14,16-18,21-49H2,1-2H3,(H,54,57)/b15-13-,20-19-. The molecule has 0 aromatic carbocycles. The van der Waals surface area contributed by atoms with E-state index in [2.05, 4.69) is 43.5 Å². The lowest BCUT2D eigenvalue weighted by Crippen LogP contribution is -2.45. The molecule has 0 spiro atoms. The van der Waals surface area contributed by atoms with Crippen LogP contribution in [0.25, 0.3) is 0 Å². The van der Waals surface area contributed by atoms with Crippen LogP contribution in [-0.4, -0.2) is 47.4 Å². The predicted octanol–water partition coefficient (Wildman–Crippen LogP) is 15.5. The Morgan fingerprint density at radius 2 is 0.847 bits per heavy atom. The maximum Gasteiger partial charge on any atom is 0.305 e. The zero-order chi connectivity index (χ0) is 43.0. The lowest BCUT2D eigenvalue weighted by molar-refractivity contribution is -0.143. The van der Waals surface area contributed by atoms with Gasteiger partial charge in [0.25, 0.3) is 0 Å². The number of carbonyl (C=O) groups is 2. The van der Waals surface area contributed by atoms with E-state index in [1.54, 1.807) is 0 Å². The maximum atomic E-state index is 12.4. The van der Waals surface area contributed by atoms with Gasteiger partial charge < -0.3 is 20.3 Å². The van der Waals surface area contributed by atoms with Crippen molar-refractivity contribution >= 4 is 11.9 Å². The zero-order valence-corrected chi connectivity index (χ0v) is 39.5. The van der Waals surface area contributed by atoms with Crippen LogP contribution < -0.4 is 5.32 Å². The molecule has 0 rings (SSSR count). The van der Waals surface area contributed by atoms with E-state index < -0.39 is 12.1 Å². The van der Waals surface area contributed by atoms with Gasteiger partial charge in [-0.1, -0.05) is 231 Å². The summed E-state index contributed by atoms with van der Waals surface area (Å²) in [4.78, 5) is 24.5. The van der Waals surface area contributed by atoms with E-state index in [1.807, 2.05) is 0 Å². The van der Waals surface area contributed by atoms with Gasteiger partial charge in [0.1, 0.15) is 0 Å². The van der Waals surface area contributed by atoms with Crippen LogP contribution >= 0.6 is 0 Å². The number of carbonyl (C=O) groups excluding carboxylic acids is 2. The first kappa shape index (κ1) is 57.3. The number of ether oxygens (including phenoxy) is 1. The van der Waals surface area contributed by atoms with Crippen molar-refractivity contribution in [1.82, 2.24) is 5.32 Å². The van der Waals surface area contributed by atoms with Gasteiger partial charge >= 0.3 is 5.97 Å². The normalized spacial score (nSPS) is 12.8. The molecule has 0 radical (unpaired) electrons. The average Bonchev–Trinajstić information content (AvgIpc) is 3.24. The Hall–Kier alpha value is -1.66. The number of allylic oxidation sites excluding steroid dienone is 4. The fourth-order valence-electron chi connectivity index (χ4n) is 7.96. The van der Waals surface area contributed by atoms with E-state index in [9.17, 15) is 19.8 Å². The molecule has 6 nitrogen and oxygen atoms in total. The molecule has 6 heteroatoms. The highest BCUT2D eigenvalue weighted by Gasteiger charge is 2.20. The van der Waals surface area contributed by atoms with E-state index >= 15 is 0 Å². The second-order valence-electron chi connectivity index (χ2n) is 17.9. The van der Waals surface area contributed by atoms with E-state index in [1.165, 1.54) is 180 Å². The van der Waals surface area contributed by atoms with Gasteiger partial charge in [-0.3, -0.25) is 9.59 Å². The summed E-state index contributed by atoms with van der Waals surface area (Å²) in [6, 6.07) is -0.558. The summed E-state index contributed by atoms with van der Waals surface area (Å²) in [6.45, 7) is 4.88. The number of hydrogen-bond donors (Lipinski definition) is 3. The molecular formula is C53H101NO5. The van der Waals surface area contributed by atoms with Gasteiger partial charge in [0.15, 0.2) is 0 Å². The molecule has 0 saturated carbocycles. The number of aliphatic hydroxyl groups is 2. The number of hydrogen-bond acceptors (Lipinski definition) is 5. The van der Waals surface area contributed by atoms with Gasteiger partial charge in [-0.25, -0.2) is 0 Å². The smallest absolute Gasteiger partial charge is 0.305 e. The molecular weight excluding hydrogens is 731 g/mol. The Balaban J connectivity index is 3.47. The Morgan fingerprint density at radius 1 is 0.475 bits per heavy atom. The lowest BCUT2D eigenvalue weighted by Gasteiger charge is -2.22. The van der Waals surface area contributed by atoms with Crippen LogP contribution in [0.3, 0.4) is 0 Å². The molecule has 59 heavy (non-hydrogen) atoms. The summed E-state index contributed by atoms with van der Waals surface area (Å²) in [5.41, 5.74) is 0. The molecule has 2 unspecified atom stereocenters. The number of esters is 1. The van der Waals surface area contributed by atoms with Gasteiger partial charge in [-0.15, -0.1) is 0 Å². The van der Waals surface area contributed by atoms with Crippen LogP contribution in [-0.2, 0) is 14.3 Å². The highest BCUT2D eigenvalue weighted by atomic mass is 16.5. The van der Waals surface area contributed by atoms with Crippen LogP contribution in [0.4, 0.5) is 0 Å². The van der Waals surface area contributed by atoms with Crippen molar-refractivity contribution in [3.05, 3.63) is 24.3 Å². The molecule has 3 N–H and O–H groups in total. The van der Waals surface area contributed by atoms with Crippen molar-refractivity contribution in [2.75, 3.05) is 13.2 Å². The van der Waals surface area contributed by atoms with E-state index in [-0.39, 0.29) is 18.5 Å². The first-order valence-electron chi connectivity index (χ1n) is 26.1. The highest BCUT2D eigenvalue weighted by molar-refractivity contribution is 5.76. The molecule has 0 bridgehead atoms. The molecule has 0 heterocycles. The Bertz CT molecular complexity index is 920. The summed E-state index contributed by atoms with van der Waals surface area (Å²) in [6.07, 6.45) is 57.1. The monoisotopic (exact) mass is 832 g/mol. The summed E-state index contributed by atoms with van der Waals surface area (Å²) in [5, 5.41) is 23.2. The van der Waals surface area contributed by atoms with Crippen molar-refractivity contribution in [3.63, 3.8) is 0 Å². The largest absolute Gasteiger partial charge is 0.466 e. The fourth-order valence-corrected chi connectivity index (χ4v) is 7.96. The summed E-state index contributed by atoms with van der Waals surface area (Å²) in [7, 11) is 0. The third-order valence-electron chi connectivity index (χ3n) is 12.0. The molecule has 0 saturated heterocycles. The maximum absolute atomic E-state index is 12.4. The molecule has 2 atom stereocenters. The lowest BCUT2D eigenvalue weighted by atomic mass is 10.0. The third-order valence-corrected chi connectivity index (χ3v) is 12.0. The van der Waals surface area contributed by atoms with Crippen molar-refractivity contribution in [2.45, 2.75) is 289 Å². The Labute approximate surface area is 367 Å². The van der Waals surface area contributed by atoms with E-state index in [4.69, 9.17) is 4.74 Å².